The fourth-order valence-electron chi connectivity index (χ4n) is 2.54. The van der Waals surface area contributed by atoms with E-state index in [4.69, 9.17) is 14.2 Å². The number of hydrogen-bond donors (Lipinski definition) is 0. The number of methoxy groups -OCH3 is 1. The summed E-state index contributed by atoms with van der Waals surface area (Å²) in [6, 6.07) is 7.74. The highest BCUT2D eigenvalue weighted by molar-refractivity contribution is 9.10. The zero-order valence-corrected chi connectivity index (χ0v) is 13.8. The van der Waals surface area contributed by atoms with Crippen molar-refractivity contribution in [3.05, 3.63) is 28.7 Å². The number of carbonyl (C=O) groups excluding carboxylic acids is 1. The van der Waals surface area contributed by atoms with Crippen LogP contribution in [0.15, 0.2) is 28.7 Å². The summed E-state index contributed by atoms with van der Waals surface area (Å²) in [5.41, 5.74) is 0. The van der Waals surface area contributed by atoms with E-state index in [1.807, 2.05) is 24.3 Å². The van der Waals surface area contributed by atoms with Gasteiger partial charge < -0.3 is 14.2 Å². The standard InChI is InChI=1S/C16H21BrO4/c1-19-16(18)12-2-6-14(7-3-12)20-10-11-21-15-8-4-13(17)5-9-15/h4-5,8-9,12,14H,2-3,6-7,10-11H2,1H3. The number of esters is 1. The van der Waals surface area contributed by atoms with Crippen LogP contribution in [0.2, 0.25) is 0 Å². The van der Waals surface area contributed by atoms with E-state index in [2.05, 4.69) is 15.9 Å². The van der Waals surface area contributed by atoms with Crippen molar-refractivity contribution in [1.29, 1.82) is 0 Å². The van der Waals surface area contributed by atoms with Gasteiger partial charge in [-0.25, -0.2) is 0 Å². The molecule has 1 fully saturated rings. The van der Waals surface area contributed by atoms with Crippen LogP contribution in [0, 0.1) is 5.92 Å². The van der Waals surface area contributed by atoms with Crippen LogP contribution in [0.4, 0.5) is 0 Å². The van der Waals surface area contributed by atoms with Crippen LogP contribution in [-0.4, -0.2) is 32.4 Å². The minimum atomic E-state index is -0.0907. The zero-order valence-electron chi connectivity index (χ0n) is 12.2. The molecule has 0 radical (unpaired) electrons. The summed E-state index contributed by atoms with van der Waals surface area (Å²) in [5, 5.41) is 0. The van der Waals surface area contributed by atoms with Gasteiger partial charge in [0.05, 0.1) is 25.7 Å². The van der Waals surface area contributed by atoms with E-state index in [0.717, 1.165) is 35.9 Å². The molecular formula is C16H21BrO4. The van der Waals surface area contributed by atoms with Crippen molar-refractivity contribution in [1.82, 2.24) is 0 Å². The third-order valence-corrected chi connectivity index (χ3v) is 4.26. The van der Waals surface area contributed by atoms with Gasteiger partial charge in [-0.15, -0.1) is 0 Å². The lowest BCUT2D eigenvalue weighted by Gasteiger charge is -2.26. The predicted octanol–water partition coefficient (Wildman–Crippen LogP) is 3.58. The van der Waals surface area contributed by atoms with Gasteiger partial charge in [0.25, 0.3) is 0 Å². The maximum absolute atomic E-state index is 11.4. The Balaban J connectivity index is 1.60. The van der Waals surface area contributed by atoms with E-state index in [0.29, 0.717) is 13.2 Å². The van der Waals surface area contributed by atoms with Gasteiger partial charge in [-0.05, 0) is 49.9 Å². The van der Waals surface area contributed by atoms with E-state index in [1.54, 1.807) is 0 Å². The molecular weight excluding hydrogens is 336 g/mol. The van der Waals surface area contributed by atoms with E-state index < -0.39 is 0 Å². The highest BCUT2D eigenvalue weighted by Crippen LogP contribution is 2.27. The van der Waals surface area contributed by atoms with E-state index in [-0.39, 0.29) is 18.0 Å². The van der Waals surface area contributed by atoms with Crippen molar-refractivity contribution in [3.8, 4) is 5.75 Å². The lowest BCUT2D eigenvalue weighted by Crippen LogP contribution is -2.28. The lowest BCUT2D eigenvalue weighted by atomic mass is 9.87. The Kier molecular flexibility index (Phi) is 6.51. The molecule has 1 aromatic carbocycles. The fraction of sp³-hybridized carbons (Fsp3) is 0.562. The minimum absolute atomic E-state index is 0.0499. The van der Waals surface area contributed by atoms with Crippen LogP contribution in [0.5, 0.6) is 5.75 Å². The van der Waals surface area contributed by atoms with Crippen molar-refractivity contribution in [3.63, 3.8) is 0 Å². The van der Waals surface area contributed by atoms with Crippen LogP contribution in [0.3, 0.4) is 0 Å². The second-order valence-corrected chi connectivity index (χ2v) is 6.09. The maximum Gasteiger partial charge on any atom is 0.308 e. The van der Waals surface area contributed by atoms with Crippen LogP contribution in [0.1, 0.15) is 25.7 Å². The normalized spacial score (nSPS) is 21.8. The smallest absolute Gasteiger partial charge is 0.308 e. The predicted molar refractivity (Wildman–Crippen MR) is 83.4 cm³/mol. The van der Waals surface area contributed by atoms with Gasteiger partial charge in [0.15, 0.2) is 0 Å². The lowest BCUT2D eigenvalue weighted by molar-refractivity contribution is -0.147. The third kappa shape index (κ3) is 5.32. The van der Waals surface area contributed by atoms with Crippen LogP contribution in [0.25, 0.3) is 0 Å². The summed E-state index contributed by atoms with van der Waals surface area (Å²) in [4.78, 5) is 11.4. The van der Waals surface area contributed by atoms with Crippen molar-refractivity contribution in [2.24, 2.45) is 5.92 Å². The maximum atomic E-state index is 11.4. The summed E-state index contributed by atoms with van der Waals surface area (Å²) in [6.07, 6.45) is 3.77. The largest absolute Gasteiger partial charge is 0.491 e. The van der Waals surface area contributed by atoms with E-state index in [1.165, 1.54) is 7.11 Å². The van der Waals surface area contributed by atoms with Crippen molar-refractivity contribution >= 4 is 21.9 Å². The van der Waals surface area contributed by atoms with Crippen LogP contribution < -0.4 is 4.74 Å². The van der Waals surface area contributed by atoms with Crippen LogP contribution >= 0.6 is 15.9 Å². The van der Waals surface area contributed by atoms with Gasteiger partial charge >= 0.3 is 5.97 Å². The molecule has 116 valence electrons. The number of benzene rings is 1. The quantitative estimate of drug-likeness (QED) is 0.577. The fourth-order valence-corrected chi connectivity index (χ4v) is 2.80. The first-order valence-corrected chi connectivity index (χ1v) is 8.06. The first-order chi connectivity index (χ1) is 10.2. The average Bonchev–Trinajstić information content (AvgIpc) is 2.53. The van der Waals surface area contributed by atoms with Crippen molar-refractivity contribution in [2.75, 3.05) is 20.3 Å². The Morgan fingerprint density at radius 3 is 2.43 bits per heavy atom. The van der Waals surface area contributed by atoms with Crippen molar-refractivity contribution < 1.29 is 19.0 Å². The molecule has 0 atom stereocenters. The molecule has 0 spiro atoms. The average molecular weight is 357 g/mol. The highest BCUT2D eigenvalue weighted by atomic mass is 79.9. The molecule has 1 saturated carbocycles. The van der Waals surface area contributed by atoms with Crippen molar-refractivity contribution in [2.45, 2.75) is 31.8 Å². The summed E-state index contributed by atoms with van der Waals surface area (Å²) in [7, 11) is 1.45. The first-order valence-electron chi connectivity index (χ1n) is 7.27. The second kappa shape index (κ2) is 8.39. The molecule has 1 aliphatic carbocycles. The van der Waals surface area contributed by atoms with Gasteiger partial charge in [-0.2, -0.15) is 0 Å². The number of carbonyl (C=O) groups is 1. The highest BCUT2D eigenvalue weighted by Gasteiger charge is 2.27. The zero-order chi connectivity index (χ0) is 15.1. The van der Waals surface area contributed by atoms with E-state index >= 15 is 0 Å². The number of ether oxygens (including phenoxy) is 3. The summed E-state index contributed by atoms with van der Waals surface area (Å²) < 4.78 is 17.2. The molecule has 0 unspecified atom stereocenters. The number of hydrogen-bond acceptors (Lipinski definition) is 4. The monoisotopic (exact) mass is 356 g/mol. The van der Waals surface area contributed by atoms with Gasteiger partial charge in [-0.1, -0.05) is 15.9 Å². The molecule has 2 rings (SSSR count). The summed E-state index contributed by atoms with van der Waals surface area (Å²) >= 11 is 3.39. The molecule has 1 aliphatic rings. The van der Waals surface area contributed by atoms with Gasteiger partial charge in [0.2, 0.25) is 0 Å². The number of halogens is 1. The molecule has 0 N–H and O–H groups in total. The SMILES string of the molecule is COC(=O)C1CCC(OCCOc2ccc(Br)cc2)CC1. The molecule has 0 aliphatic heterocycles. The Morgan fingerprint density at radius 1 is 1.14 bits per heavy atom. The Morgan fingerprint density at radius 2 is 1.81 bits per heavy atom. The number of rotatable bonds is 6. The van der Waals surface area contributed by atoms with Gasteiger partial charge in [0, 0.05) is 4.47 Å². The molecule has 0 amide bonds. The molecule has 0 bridgehead atoms. The topological polar surface area (TPSA) is 44.8 Å². The minimum Gasteiger partial charge on any atom is -0.491 e. The molecule has 0 aromatic heterocycles. The molecule has 21 heavy (non-hydrogen) atoms. The Bertz CT molecular complexity index is 438. The van der Waals surface area contributed by atoms with E-state index in [9.17, 15) is 4.79 Å². The molecule has 4 nitrogen and oxygen atoms in total. The van der Waals surface area contributed by atoms with Gasteiger partial charge in [-0.3, -0.25) is 4.79 Å². The Hall–Kier alpha value is -1.07. The second-order valence-electron chi connectivity index (χ2n) is 5.17. The molecule has 1 aromatic rings. The first kappa shape index (κ1) is 16.3. The molecule has 5 heteroatoms. The molecule has 0 saturated heterocycles. The Labute approximate surface area is 133 Å². The van der Waals surface area contributed by atoms with Gasteiger partial charge in [0.1, 0.15) is 12.4 Å². The molecule has 0 heterocycles. The summed E-state index contributed by atoms with van der Waals surface area (Å²) in [5.74, 6) is 0.803. The summed E-state index contributed by atoms with van der Waals surface area (Å²) in [6.45, 7) is 1.11. The van der Waals surface area contributed by atoms with Crippen LogP contribution in [-0.2, 0) is 14.3 Å². The third-order valence-electron chi connectivity index (χ3n) is 3.73.